The lowest BCUT2D eigenvalue weighted by atomic mass is 10.1. The molecule has 4 heteroatoms. The predicted octanol–water partition coefficient (Wildman–Crippen LogP) is 1.25. The summed E-state index contributed by atoms with van der Waals surface area (Å²) in [6, 6.07) is 0.0745. The molecule has 2 amide bonds. The van der Waals surface area contributed by atoms with Crippen molar-refractivity contribution >= 4 is 6.03 Å². The second-order valence-electron chi connectivity index (χ2n) is 4.23. The zero-order chi connectivity index (χ0) is 11.1. The van der Waals surface area contributed by atoms with Crippen LogP contribution < -0.4 is 10.6 Å². The molecule has 1 aliphatic rings. The van der Waals surface area contributed by atoms with Crippen molar-refractivity contribution in [1.29, 1.82) is 0 Å². The second-order valence-corrected chi connectivity index (χ2v) is 4.23. The Kier molecular flexibility index (Phi) is 5.47. The standard InChI is InChI=1S/C11H22N2O2/c1-2-3-7-12-11(15)13-10-6-4-5-9(10)8-14/h9-10,14H,2-8H2,1H3,(H2,12,13,15). The smallest absolute Gasteiger partial charge is 0.315 e. The van der Waals surface area contributed by atoms with Crippen LogP contribution in [0.2, 0.25) is 0 Å². The molecule has 0 spiro atoms. The second kappa shape index (κ2) is 6.67. The summed E-state index contributed by atoms with van der Waals surface area (Å²) >= 11 is 0. The van der Waals surface area contributed by atoms with E-state index in [9.17, 15) is 4.79 Å². The Morgan fingerprint density at radius 3 is 2.93 bits per heavy atom. The van der Waals surface area contributed by atoms with Gasteiger partial charge in [-0.2, -0.15) is 0 Å². The quantitative estimate of drug-likeness (QED) is 0.603. The van der Waals surface area contributed by atoms with Crippen LogP contribution in [0.4, 0.5) is 4.79 Å². The predicted molar refractivity (Wildman–Crippen MR) is 59.7 cm³/mol. The highest BCUT2D eigenvalue weighted by Crippen LogP contribution is 2.24. The number of unbranched alkanes of at least 4 members (excludes halogenated alkanes) is 1. The van der Waals surface area contributed by atoms with Gasteiger partial charge in [0, 0.05) is 25.1 Å². The first-order valence-corrected chi connectivity index (χ1v) is 5.93. The first kappa shape index (κ1) is 12.3. The summed E-state index contributed by atoms with van der Waals surface area (Å²) in [5.74, 6) is 0.252. The Morgan fingerprint density at radius 1 is 1.47 bits per heavy atom. The number of carbonyl (C=O) groups excluding carboxylic acids is 1. The fourth-order valence-electron chi connectivity index (χ4n) is 2.04. The topological polar surface area (TPSA) is 61.4 Å². The van der Waals surface area contributed by atoms with Gasteiger partial charge < -0.3 is 15.7 Å². The van der Waals surface area contributed by atoms with Gasteiger partial charge in [0.25, 0.3) is 0 Å². The van der Waals surface area contributed by atoms with Crippen molar-refractivity contribution in [2.75, 3.05) is 13.2 Å². The first-order chi connectivity index (χ1) is 7.27. The molecular formula is C11H22N2O2. The summed E-state index contributed by atoms with van der Waals surface area (Å²) in [5, 5.41) is 14.8. The van der Waals surface area contributed by atoms with E-state index in [-0.39, 0.29) is 24.6 Å². The zero-order valence-electron chi connectivity index (χ0n) is 9.46. The van der Waals surface area contributed by atoms with Crippen molar-refractivity contribution in [3.63, 3.8) is 0 Å². The summed E-state index contributed by atoms with van der Waals surface area (Å²) in [6.45, 7) is 3.01. The Bertz CT molecular complexity index is 197. The molecule has 88 valence electrons. The van der Waals surface area contributed by atoms with Crippen LogP contribution >= 0.6 is 0 Å². The largest absolute Gasteiger partial charge is 0.396 e. The van der Waals surface area contributed by atoms with Gasteiger partial charge in [-0.05, 0) is 19.3 Å². The molecule has 0 aliphatic heterocycles. The fourth-order valence-corrected chi connectivity index (χ4v) is 2.04. The van der Waals surface area contributed by atoms with Crippen LogP contribution in [0.5, 0.6) is 0 Å². The number of hydrogen-bond donors (Lipinski definition) is 3. The molecule has 0 aromatic heterocycles. The third-order valence-electron chi connectivity index (χ3n) is 3.03. The van der Waals surface area contributed by atoms with Gasteiger partial charge in [0.1, 0.15) is 0 Å². The van der Waals surface area contributed by atoms with E-state index in [4.69, 9.17) is 5.11 Å². The highest BCUT2D eigenvalue weighted by atomic mass is 16.3. The number of carbonyl (C=O) groups is 1. The van der Waals surface area contributed by atoms with E-state index in [0.29, 0.717) is 0 Å². The number of hydrogen-bond acceptors (Lipinski definition) is 2. The average molecular weight is 214 g/mol. The SMILES string of the molecule is CCCCNC(=O)NC1CCCC1CO. The van der Waals surface area contributed by atoms with E-state index in [1.807, 2.05) is 0 Å². The van der Waals surface area contributed by atoms with Crippen molar-refractivity contribution < 1.29 is 9.90 Å². The number of nitrogens with one attached hydrogen (secondary N) is 2. The molecule has 1 aliphatic carbocycles. The molecule has 0 aromatic rings. The molecule has 2 unspecified atom stereocenters. The van der Waals surface area contributed by atoms with Crippen molar-refractivity contribution in [3.05, 3.63) is 0 Å². The molecule has 0 aromatic carbocycles. The van der Waals surface area contributed by atoms with Crippen LogP contribution in [-0.2, 0) is 0 Å². The van der Waals surface area contributed by atoms with Gasteiger partial charge in [-0.25, -0.2) is 4.79 Å². The van der Waals surface area contributed by atoms with Crippen LogP contribution in [0, 0.1) is 5.92 Å². The minimum absolute atomic E-state index is 0.0891. The van der Waals surface area contributed by atoms with Gasteiger partial charge in [0.05, 0.1) is 0 Å². The van der Waals surface area contributed by atoms with Gasteiger partial charge in [-0.3, -0.25) is 0 Å². The Hall–Kier alpha value is -0.770. The van der Waals surface area contributed by atoms with Gasteiger partial charge in [0.2, 0.25) is 0 Å². The lowest BCUT2D eigenvalue weighted by molar-refractivity contribution is 0.199. The van der Waals surface area contributed by atoms with Crippen LogP contribution in [0.1, 0.15) is 39.0 Å². The summed E-state index contributed by atoms with van der Waals surface area (Å²) < 4.78 is 0. The highest BCUT2D eigenvalue weighted by molar-refractivity contribution is 5.74. The highest BCUT2D eigenvalue weighted by Gasteiger charge is 2.27. The van der Waals surface area contributed by atoms with Gasteiger partial charge in [0.15, 0.2) is 0 Å². The third kappa shape index (κ3) is 4.08. The molecular weight excluding hydrogens is 192 g/mol. The first-order valence-electron chi connectivity index (χ1n) is 5.93. The lowest BCUT2D eigenvalue weighted by Gasteiger charge is -2.19. The van der Waals surface area contributed by atoms with E-state index in [1.54, 1.807) is 0 Å². The normalized spacial score (nSPS) is 25.2. The Labute approximate surface area is 91.4 Å². The molecule has 1 fully saturated rings. The van der Waals surface area contributed by atoms with Crippen LogP contribution in [0.25, 0.3) is 0 Å². The van der Waals surface area contributed by atoms with Gasteiger partial charge in [-0.15, -0.1) is 0 Å². The van der Waals surface area contributed by atoms with Crippen molar-refractivity contribution in [2.24, 2.45) is 5.92 Å². The maximum atomic E-state index is 11.4. The van der Waals surface area contributed by atoms with E-state index in [1.165, 1.54) is 0 Å². The van der Waals surface area contributed by atoms with Crippen molar-refractivity contribution in [1.82, 2.24) is 10.6 Å². The van der Waals surface area contributed by atoms with Crippen molar-refractivity contribution in [2.45, 2.75) is 45.1 Å². The zero-order valence-corrected chi connectivity index (χ0v) is 9.46. The minimum atomic E-state index is -0.0891. The molecule has 1 rings (SSSR count). The molecule has 4 nitrogen and oxygen atoms in total. The summed E-state index contributed by atoms with van der Waals surface area (Å²) in [7, 11) is 0. The number of rotatable bonds is 5. The molecule has 0 heterocycles. The van der Waals surface area contributed by atoms with E-state index in [2.05, 4.69) is 17.6 Å². The molecule has 2 atom stereocenters. The third-order valence-corrected chi connectivity index (χ3v) is 3.03. The summed E-state index contributed by atoms with van der Waals surface area (Å²) in [5.41, 5.74) is 0. The number of aliphatic hydroxyl groups is 1. The molecule has 0 radical (unpaired) electrons. The van der Waals surface area contributed by atoms with Crippen LogP contribution in [-0.4, -0.2) is 30.3 Å². The molecule has 0 saturated heterocycles. The number of urea groups is 1. The van der Waals surface area contributed by atoms with Crippen LogP contribution in [0.15, 0.2) is 0 Å². The fraction of sp³-hybridized carbons (Fsp3) is 0.909. The maximum absolute atomic E-state index is 11.4. The molecule has 15 heavy (non-hydrogen) atoms. The van der Waals surface area contributed by atoms with Crippen LogP contribution in [0.3, 0.4) is 0 Å². The summed E-state index contributed by atoms with van der Waals surface area (Å²) in [4.78, 5) is 11.4. The van der Waals surface area contributed by atoms with E-state index >= 15 is 0 Å². The van der Waals surface area contributed by atoms with E-state index in [0.717, 1.165) is 38.6 Å². The minimum Gasteiger partial charge on any atom is -0.396 e. The lowest BCUT2D eigenvalue weighted by Crippen LogP contribution is -2.44. The number of amides is 2. The molecule has 0 bridgehead atoms. The Morgan fingerprint density at radius 2 is 2.27 bits per heavy atom. The van der Waals surface area contributed by atoms with Gasteiger partial charge >= 0.3 is 6.03 Å². The van der Waals surface area contributed by atoms with E-state index < -0.39 is 0 Å². The number of aliphatic hydroxyl groups excluding tert-OH is 1. The summed E-state index contributed by atoms with van der Waals surface area (Å²) in [6.07, 6.45) is 5.22. The Balaban J connectivity index is 2.19. The maximum Gasteiger partial charge on any atom is 0.315 e. The van der Waals surface area contributed by atoms with Gasteiger partial charge in [-0.1, -0.05) is 19.8 Å². The molecule has 3 N–H and O–H groups in total. The monoisotopic (exact) mass is 214 g/mol. The molecule has 1 saturated carbocycles. The van der Waals surface area contributed by atoms with Crippen molar-refractivity contribution in [3.8, 4) is 0 Å². The average Bonchev–Trinajstić information content (AvgIpc) is 2.65.